The van der Waals surface area contributed by atoms with E-state index in [-0.39, 0.29) is 16.5 Å². The van der Waals surface area contributed by atoms with Gasteiger partial charge in [0.25, 0.3) is 0 Å². The van der Waals surface area contributed by atoms with Crippen molar-refractivity contribution in [2.75, 3.05) is 18.1 Å². The Hall–Kier alpha value is -0.230. The Bertz CT molecular complexity index is 394. The molecule has 3 fully saturated rings. The lowest BCUT2D eigenvalue weighted by Gasteiger charge is -2.25. The van der Waals surface area contributed by atoms with Gasteiger partial charge in [0, 0.05) is 23.8 Å². The summed E-state index contributed by atoms with van der Waals surface area (Å²) in [6.45, 7) is 1.81. The molecule has 2 saturated carbocycles. The zero-order valence-corrected chi connectivity index (χ0v) is 11.0. The minimum atomic E-state index is -2.03. The summed E-state index contributed by atoms with van der Waals surface area (Å²) in [6.07, 6.45) is 0.405. The Morgan fingerprint density at radius 2 is 2.18 bits per heavy atom. The van der Waals surface area contributed by atoms with Crippen molar-refractivity contribution >= 4 is 35.3 Å². The van der Waals surface area contributed by atoms with E-state index >= 15 is 0 Å². The molecule has 6 heteroatoms. The molecule has 0 aromatic heterocycles. The summed E-state index contributed by atoms with van der Waals surface area (Å²) in [4.78, 5) is 23.5. The molecular weight excluding hydrogens is 263 g/mol. The highest BCUT2D eigenvalue weighted by Gasteiger charge is 2.85. The fourth-order valence-corrected chi connectivity index (χ4v) is 6.72. The van der Waals surface area contributed by atoms with E-state index in [0.717, 1.165) is 11.5 Å². The molecule has 0 bridgehead atoms. The topological polar surface area (TPSA) is 43.4 Å². The lowest BCUT2D eigenvalue weighted by molar-refractivity contribution is -0.153. The first-order valence-electron chi connectivity index (χ1n) is 5.73. The molecule has 3 rings (SSSR count). The first kappa shape index (κ1) is 11.8. The maximum absolute atomic E-state index is 14.6. The fraction of sp³-hybridized carbons (Fsp3) is 0.818. The van der Waals surface area contributed by atoms with Crippen LogP contribution in [0.5, 0.6) is 0 Å². The number of hydrogen-bond donors (Lipinski definition) is 0. The maximum Gasteiger partial charge on any atom is 0.345 e. The molecule has 1 aliphatic heterocycles. The lowest BCUT2D eigenvalue weighted by atomic mass is 10.1. The van der Waals surface area contributed by atoms with Crippen LogP contribution in [0.4, 0.5) is 4.39 Å². The van der Waals surface area contributed by atoms with Crippen molar-refractivity contribution in [3.8, 4) is 0 Å². The van der Waals surface area contributed by atoms with Crippen molar-refractivity contribution in [2.45, 2.75) is 23.1 Å². The molecule has 0 unspecified atom stereocenters. The van der Waals surface area contributed by atoms with Gasteiger partial charge >= 0.3 is 5.97 Å². The van der Waals surface area contributed by atoms with Crippen LogP contribution in [-0.2, 0) is 14.3 Å². The summed E-state index contributed by atoms with van der Waals surface area (Å²) in [6, 6.07) is 0. The molecule has 3 atom stereocenters. The van der Waals surface area contributed by atoms with Crippen molar-refractivity contribution in [1.82, 2.24) is 0 Å². The van der Waals surface area contributed by atoms with E-state index in [1.54, 1.807) is 30.4 Å². The molecule has 0 amide bonds. The number of ether oxygens (including phenoxy) is 1. The average molecular weight is 276 g/mol. The molecule has 17 heavy (non-hydrogen) atoms. The highest BCUT2D eigenvalue weighted by molar-refractivity contribution is 8.21. The van der Waals surface area contributed by atoms with Crippen LogP contribution in [0.25, 0.3) is 0 Å². The van der Waals surface area contributed by atoms with Gasteiger partial charge in [0.1, 0.15) is 5.78 Å². The summed E-state index contributed by atoms with van der Waals surface area (Å²) >= 11 is 3.28. The molecule has 0 N–H and O–H groups in total. The Morgan fingerprint density at radius 3 is 2.76 bits per heavy atom. The third kappa shape index (κ3) is 1.37. The van der Waals surface area contributed by atoms with Crippen molar-refractivity contribution in [3.63, 3.8) is 0 Å². The molecule has 0 radical (unpaired) electrons. The van der Waals surface area contributed by atoms with Crippen molar-refractivity contribution in [1.29, 1.82) is 0 Å². The molecule has 2 aliphatic carbocycles. The summed E-state index contributed by atoms with van der Waals surface area (Å²) in [5, 5.41) is 0. The zero-order valence-electron chi connectivity index (χ0n) is 9.40. The van der Waals surface area contributed by atoms with Gasteiger partial charge in [-0.2, -0.15) is 0 Å². The summed E-state index contributed by atoms with van der Waals surface area (Å²) < 4.78 is 19.0. The van der Waals surface area contributed by atoms with Crippen LogP contribution < -0.4 is 0 Å². The van der Waals surface area contributed by atoms with E-state index in [4.69, 9.17) is 4.74 Å². The molecule has 0 aromatic rings. The third-order valence-electron chi connectivity index (χ3n) is 3.74. The quantitative estimate of drug-likeness (QED) is 0.718. The van der Waals surface area contributed by atoms with Crippen LogP contribution in [0.15, 0.2) is 0 Å². The third-order valence-corrected chi connectivity index (χ3v) is 7.29. The van der Waals surface area contributed by atoms with Crippen LogP contribution in [0.1, 0.15) is 13.3 Å². The number of Topliss-reactive ketones (excluding diaryl/α,β-unsaturated/α-hetero) is 1. The number of esters is 1. The number of thioether (sulfide) groups is 2. The summed E-state index contributed by atoms with van der Waals surface area (Å²) in [5.41, 5.74) is -2.03. The van der Waals surface area contributed by atoms with E-state index in [2.05, 4.69) is 0 Å². The number of fused-ring (bicyclic) bond motifs is 2. The number of rotatable bonds is 2. The van der Waals surface area contributed by atoms with Gasteiger partial charge in [0.05, 0.1) is 16.6 Å². The van der Waals surface area contributed by atoms with Gasteiger partial charge in [0.15, 0.2) is 0 Å². The second-order valence-corrected chi connectivity index (χ2v) is 7.70. The van der Waals surface area contributed by atoms with E-state index in [1.807, 2.05) is 0 Å². The molecule has 1 saturated heterocycles. The second-order valence-electron chi connectivity index (χ2n) is 4.60. The van der Waals surface area contributed by atoms with Gasteiger partial charge in [-0.1, -0.05) is 0 Å². The zero-order chi connectivity index (χ0) is 12.3. The molecule has 94 valence electrons. The monoisotopic (exact) mass is 276 g/mol. The van der Waals surface area contributed by atoms with Crippen LogP contribution in [0.2, 0.25) is 0 Å². The highest BCUT2D eigenvalue weighted by Crippen LogP contribution is 2.74. The highest BCUT2D eigenvalue weighted by atomic mass is 32.2. The Kier molecular flexibility index (Phi) is 2.53. The minimum Gasteiger partial charge on any atom is -0.464 e. The Labute approximate surface area is 107 Å². The van der Waals surface area contributed by atoms with Crippen LogP contribution >= 0.6 is 23.5 Å². The fourth-order valence-electron chi connectivity index (χ4n) is 3.06. The minimum absolute atomic E-state index is 0.104. The van der Waals surface area contributed by atoms with Crippen LogP contribution in [-0.4, -0.2) is 39.6 Å². The first-order valence-corrected chi connectivity index (χ1v) is 7.70. The SMILES string of the molecule is CCOC(=O)[C@@]1(F)[C@@H]2C(=O)CC3(SCCS3)[C@@H]21. The molecule has 3 nitrogen and oxygen atoms in total. The number of carbonyl (C=O) groups is 2. The maximum atomic E-state index is 14.6. The largest absolute Gasteiger partial charge is 0.464 e. The van der Waals surface area contributed by atoms with Gasteiger partial charge in [-0.15, -0.1) is 23.5 Å². The number of alkyl halides is 1. The number of halogens is 1. The lowest BCUT2D eigenvalue weighted by Crippen LogP contribution is -2.35. The normalized spacial score (nSPS) is 41.6. The van der Waals surface area contributed by atoms with E-state index in [0.29, 0.717) is 6.42 Å². The number of carbonyl (C=O) groups excluding carboxylic acids is 2. The van der Waals surface area contributed by atoms with E-state index in [1.165, 1.54) is 0 Å². The van der Waals surface area contributed by atoms with Gasteiger partial charge in [0.2, 0.25) is 5.67 Å². The van der Waals surface area contributed by atoms with Crippen molar-refractivity contribution in [3.05, 3.63) is 0 Å². The van der Waals surface area contributed by atoms with Crippen molar-refractivity contribution < 1.29 is 18.7 Å². The predicted molar refractivity (Wildman–Crippen MR) is 64.7 cm³/mol. The van der Waals surface area contributed by atoms with Crippen molar-refractivity contribution in [2.24, 2.45) is 11.8 Å². The number of ketones is 1. The van der Waals surface area contributed by atoms with Gasteiger partial charge < -0.3 is 4.74 Å². The van der Waals surface area contributed by atoms with Gasteiger partial charge in [-0.05, 0) is 6.92 Å². The van der Waals surface area contributed by atoms with Crippen LogP contribution in [0, 0.1) is 11.8 Å². The standard InChI is InChI=1S/C11H13FO3S2/c1-2-15-9(14)11(12)7-6(13)5-10(8(7)11)16-3-4-17-10/h7-8H,2-5H2,1H3/t7-,8-,11-/m1/s1. The van der Waals surface area contributed by atoms with E-state index < -0.39 is 23.5 Å². The number of hydrogen-bond acceptors (Lipinski definition) is 5. The van der Waals surface area contributed by atoms with Crippen LogP contribution in [0.3, 0.4) is 0 Å². The summed E-state index contributed by atoms with van der Waals surface area (Å²) in [7, 11) is 0. The van der Waals surface area contributed by atoms with Gasteiger partial charge in [-0.25, -0.2) is 9.18 Å². The average Bonchev–Trinajstić information content (AvgIpc) is 2.59. The Morgan fingerprint density at radius 1 is 1.53 bits per heavy atom. The predicted octanol–water partition coefficient (Wildman–Crippen LogP) is 1.65. The van der Waals surface area contributed by atoms with E-state index in [9.17, 15) is 14.0 Å². The molecule has 1 spiro atoms. The molecule has 3 aliphatic rings. The molecule has 1 heterocycles. The van der Waals surface area contributed by atoms with Gasteiger partial charge in [-0.3, -0.25) is 4.79 Å². The smallest absolute Gasteiger partial charge is 0.345 e. The molecule has 0 aromatic carbocycles. The summed E-state index contributed by atoms with van der Waals surface area (Å²) in [5.74, 6) is -0.276. The molecular formula is C11H13FO3S2. The Balaban J connectivity index is 1.88. The first-order chi connectivity index (χ1) is 8.06. The second kappa shape index (κ2) is 3.63.